The summed E-state index contributed by atoms with van der Waals surface area (Å²) in [6, 6.07) is 5.88. The molecule has 0 radical (unpaired) electrons. The number of aryl methyl sites for hydroxylation is 1. The third kappa shape index (κ3) is 3.26. The highest BCUT2D eigenvalue weighted by molar-refractivity contribution is 7.99. The summed E-state index contributed by atoms with van der Waals surface area (Å²) < 4.78 is 1.94. The minimum atomic E-state index is 0.363. The molecule has 0 unspecified atom stereocenters. The molecule has 116 valence electrons. The Bertz CT molecular complexity index is 919. The molecule has 0 atom stereocenters. The van der Waals surface area contributed by atoms with Gasteiger partial charge in [-0.05, 0) is 37.6 Å². The molecule has 2 aromatic heterocycles. The van der Waals surface area contributed by atoms with Gasteiger partial charge in [0, 0.05) is 9.92 Å². The molecule has 3 rings (SSSR count). The van der Waals surface area contributed by atoms with E-state index in [2.05, 4.69) is 32.9 Å². The number of nitrogen functional groups attached to an aromatic ring is 1. The van der Waals surface area contributed by atoms with Gasteiger partial charge in [-0.15, -0.1) is 5.92 Å². The number of hydrogen-bond acceptors (Lipinski definition) is 5. The van der Waals surface area contributed by atoms with E-state index in [0.717, 1.165) is 15.6 Å². The quantitative estimate of drug-likeness (QED) is 0.736. The molecule has 0 aliphatic rings. The third-order valence-corrected chi connectivity index (χ3v) is 4.35. The van der Waals surface area contributed by atoms with Crippen molar-refractivity contribution in [3.8, 4) is 11.8 Å². The highest BCUT2D eigenvalue weighted by Crippen LogP contribution is 2.32. The molecule has 0 saturated heterocycles. The van der Waals surface area contributed by atoms with Gasteiger partial charge < -0.3 is 5.73 Å². The fourth-order valence-electron chi connectivity index (χ4n) is 2.18. The summed E-state index contributed by atoms with van der Waals surface area (Å²) in [5, 5.41) is 1.46. The molecule has 23 heavy (non-hydrogen) atoms. The molecule has 0 amide bonds. The van der Waals surface area contributed by atoms with Crippen LogP contribution in [0.15, 0.2) is 34.6 Å². The number of halogens is 1. The summed E-state index contributed by atoms with van der Waals surface area (Å²) in [5.41, 5.74) is 8.28. The zero-order chi connectivity index (χ0) is 16.4. The zero-order valence-electron chi connectivity index (χ0n) is 12.7. The van der Waals surface area contributed by atoms with Crippen molar-refractivity contribution in [2.45, 2.75) is 30.4 Å². The van der Waals surface area contributed by atoms with Gasteiger partial charge in [0.25, 0.3) is 0 Å². The van der Waals surface area contributed by atoms with Gasteiger partial charge in [-0.3, -0.25) is 4.57 Å². The van der Waals surface area contributed by atoms with E-state index in [1.807, 2.05) is 23.6 Å². The van der Waals surface area contributed by atoms with Crippen molar-refractivity contribution in [1.29, 1.82) is 0 Å². The molecule has 0 bridgehead atoms. The van der Waals surface area contributed by atoms with Crippen LogP contribution in [0.1, 0.15) is 12.5 Å². The van der Waals surface area contributed by atoms with E-state index in [-0.39, 0.29) is 0 Å². The van der Waals surface area contributed by atoms with Gasteiger partial charge >= 0.3 is 0 Å². The lowest BCUT2D eigenvalue weighted by atomic mass is 10.2. The molecule has 1 aromatic carbocycles. The lowest BCUT2D eigenvalue weighted by Crippen LogP contribution is -2.00. The van der Waals surface area contributed by atoms with Crippen molar-refractivity contribution in [3.05, 3.63) is 35.1 Å². The van der Waals surface area contributed by atoms with Gasteiger partial charge in [-0.2, -0.15) is 0 Å². The van der Waals surface area contributed by atoms with E-state index in [0.29, 0.717) is 28.5 Å². The molecular weight excluding hydrogens is 330 g/mol. The summed E-state index contributed by atoms with van der Waals surface area (Å²) in [5.74, 6) is 6.30. The Morgan fingerprint density at radius 1 is 1.30 bits per heavy atom. The van der Waals surface area contributed by atoms with Crippen LogP contribution in [0, 0.1) is 18.8 Å². The van der Waals surface area contributed by atoms with Crippen molar-refractivity contribution in [3.63, 3.8) is 0 Å². The SMILES string of the molecule is CC#CCn1c(Sc2cc(C)cc(Cl)c2)nc2c(N)ncnc21. The lowest BCUT2D eigenvalue weighted by Gasteiger charge is -2.06. The number of imidazole rings is 1. The van der Waals surface area contributed by atoms with E-state index < -0.39 is 0 Å². The van der Waals surface area contributed by atoms with E-state index >= 15 is 0 Å². The van der Waals surface area contributed by atoms with Gasteiger partial charge in [0.05, 0.1) is 6.54 Å². The van der Waals surface area contributed by atoms with Crippen LogP contribution < -0.4 is 5.73 Å². The van der Waals surface area contributed by atoms with Crippen LogP contribution >= 0.6 is 23.4 Å². The Hall–Kier alpha value is -2.23. The van der Waals surface area contributed by atoms with E-state index in [9.17, 15) is 0 Å². The van der Waals surface area contributed by atoms with Crippen molar-refractivity contribution in [1.82, 2.24) is 19.5 Å². The normalized spacial score (nSPS) is 10.6. The van der Waals surface area contributed by atoms with E-state index in [4.69, 9.17) is 17.3 Å². The number of benzene rings is 1. The predicted molar refractivity (Wildman–Crippen MR) is 93.5 cm³/mol. The van der Waals surface area contributed by atoms with Crippen LogP contribution in [0.3, 0.4) is 0 Å². The van der Waals surface area contributed by atoms with Crippen LogP contribution in [-0.4, -0.2) is 19.5 Å². The molecule has 2 N–H and O–H groups in total. The lowest BCUT2D eigenvalue weighted by molar-refractivity contribution is 0.753. The van der Waals surface area contributed by atoms with Crippen molar-refractivity contribution in [2.75, 3.05) is 5.73 Å². The van der Waals surface area contributed by atoms with Gasteiger partial charge in [0.1, 0.15) is 6.33 Å². The summed E-state index contributed by atoms with van der Waals surface area (Å²) in [7, 11) is 0. The molecule has 7 heteroatoms. The molecule has 0 saturated carbocycles. The smallest absolute Gasteiger partial charge is 0.176 e. The first-order valence-electron chi connectivity index (χ1n) is 6.90. The minimum Gasteiger partial charge on any atom is -0.382 e. The number of nitrogens with zero attached hydrogens (tertiary/aromatic N) is 4. The molecule has 0 fully saturated rings. The first kappa shape index (κ1) is 15.7. The number of anilines is 1. The van der Waals surface area contributed by atoms with Crippen molar-refractivity contribution >= 4 is 40.3 Å². The maximum atomic E-state index is 6.14. The van der Waals surface area contributed by atoms with Crippen molar-refractivity contribution in [2.24, 2.45) is 0 Å². The largest absolute Gasteiger partial charge is 0.382 e. The summed E-state index contributed by atoms with van der Waals surface area (Å²) in [4.78, 5) is 13.9. The van der Waals surface area contributed by atoms with Crippen molar-refractivity contribution < 1.29 is 0 Å². The average molecular weight is 344 g/mol. The molecule has 0 aliphatic heterocycles. The van der Waals surface area contributed by atoms with Gasteiger partial charge in [0.15, 0.2) is 22.1 Å². The number of rotatable bonds is 3. The van der Waals surface area contributed by atoms with Crippen LogP contribution in [0.25, 0.3) is 11.2 Å². The Kier molecular flexibility index (Phi) is 4.42. The van der Waals surface area contributed by atoms with Gasteiger partial charge in [-0.1, -0.05) is 29.3 Å². The molecular formula is C16H14ClN5S. The topological polar surface area (TPSA) is 69.6 Å². The first-order valence-corrected chi connectivity index (χ1v) is 8.09. The molecule has 0 spiro atoms. The Morgan fingerprint density at radius 2 is 2.13 bits per heavy atom. The van der Waals surface area contributed by atoms with Crippen LogP contribution in [0.4, 0.5) is 5.82 Å². The fourth-order valence-corrected chi connectivity index (χ4v) is 3.57. The van der Waals surface area contributed by atoms with E-state index in [1.54, 1.807) is 6.92 Å². The molecule has 2 heterocycles. The van der Waals surface area contributed by atoms with Crippen LogP contribution in [0.5, 0.6) is 0 Å². The average Bonchev–Trinajstić information content (AvgIpc) is 2.83. The Balaban J connectivity index is 2.11. The number of nitrogens with two attached hydrogens (primary N) is 1. The maximum Gasteiger partial charge on any atom is 0.176 e. The van der Waals surface area contributed by atoms with Crippen LogP contribution in [-0.2, 0) is 6.54 Å². The number of fused-ring (bicyclic) bond motifs is 1. The zero-order valence-corrected chi connectivity index (χ0v) is 14.2. The summed E-state index contributed by atoms with van der Waals surface area (Å²) >= 11 is 7.64. The fraction of sp³-hybridized carbons (Fsp3) is 0.188. The standard InChI is InChI=1S/C16H14ClN5S/c1-3-4-5-22-15-13(14(18)19-9-20-15)21-16(22)23-12-7-10(2)6-11(17)8-12/h6-9H,5H2,1-2H3,(H2,18,19,20). The maximum absolute atomic E-state index is 6.14. The monoisotopic (exact) mass is 343 g/mol. The predicted octanol–water partition coefficient (Wildman–Crippen LogP) is 3.54. The van der Waals surface area contributed by atoms with Gasteiger partial charge in [0.2, 0.25) is 0 Å². The highest BCUT2D eigenvalue weighted by Gasteiger charge is 2.15. The second-order valence-corrected chi connectivity index (χ2v) is 6.38. The van der Waals surface area contributed by atoms with Crippen LogP contribution in [0.2, 0.25) is 5.02 Å². The highest BCUT2D eigenvalue weighted by atomic mass is 35.5. The number of aromatic nitrogens is 4. The number of hydrogen-bond donors (Lipinski definition) is 1. The second-order valence-electron chi connectivity index (χ2n) is 4.90. The molecule has 0 aliphatic carbocycles. The minimum absolute atomic E-state index is 0.363. The van der Waals surface area contributed by atoms with E-state index in [1.165, 1.54) is 18.1 Å². The summed E-state index contributed by atoms with van der Waals surface area (Å²) in [6.07, 6.45) is 1.44. The second kappa shape index (κ2) is 6.49. The molecule has 3 aromatic rings. The van der Waals surface area contributed by atoms with Gasteiger partial charge in [-0.25, -0.2) is 15.0 Å². The molecule has 5 nitrogen and oxygen atoms in total. The first-order chi connectivity index (χ1) is 11.1. The Morgan fingerprint density at radius 3 is 2.87 bits per heavy atom. The third-order valence-electron chi connectivity index (χ3n) is 3.16. The summed E-state index contributed by atoms with van der Waals surface area (Å²) in [6.45, 7) is 4.30. The Labute approximate surface area is 143 Å².